The van der Waals surface area contributed by atoms with Crippen molar-refractivity contribution in [1.82, 2.24) is 5.32 Å². The van der Waals surface area contributed by atoms with E-state index >= 15 is 0 Å². The first kappa shape index (κ1) is 21.2. The van der Waals surface area contributed by atoms with Crippen molar-refractivity contribution in [2.24, 2.45) is 0 Å². The van der Waals surface area contributed by atoms with Gasteiger partial charge in [0.15, 0.2) is 11.5 Å². The summed E-state index contributed by atoms with van der Waals surface area (Å²) < 4.78 is 11.2. The number of nitrogens with one attached hydrogen (secondary N) is 1. The lowest BCUT2D eigenvalue weighted by atomic mass is 10.2. The van der Waals surface area contributed by atoms with Crippen molar-refractivity contribution < 1.29 is 9.47 Å². The minimum Gasteiger partial charge on any atom is -0.493 e. The maximum Gasteiger partial charge on any atom is 0.180 e. The van der Waals surface area contributed by atoms with Gasteiger partial charge < -0.3 is 14.8 Å². The highest BCUT2D eigenvalue weighted by Crippen LogP contribution is 2.37. The Labute approximate surface area is 163 Å². The molecule has 0 heterocycles. The lowest BCUT2D eigenvalue weighted by Crippen LogP contribution is -2.12. The van der Waals surface area contributed by atoms with Gasteiger partial charge in [-0.05, 0) is 36.4 Å². The summed E-state index contributed by atoms with van der Waals surface area (Å²) in [6.07, 6.45) is 0. The minimum atomic E-state index is 0. The van der Waals surface area contributed by atoms with Crippen molar-refractivity contribution in [2.45, 2.75) is 20.1 Å². The molecule has 0 atom stereocenters. The quantitative estimate of drug-likeness (QED) is 0.628. The van der Waals surface area contributed by atoms with Crippen LogP contribution >= 0.6 is 47.2 Å². The van der Waals surface area contributed by atoms with Crippen molar-refractivity contribution in [2.75, 3.05) is 13.7 Å². The second-order valence-electron chi connectivity index (χ2n) is 4.91. The third-order valence-electron chi connectivity index (χ3n) is 3.26. The molecule has 0 bridgehead atoms. The monoisotopic (exact) mass is 409 g/mol. The molecule has 0 aliphatic heterocycles. The van der Waals surface area contributed by atoms with Crippen LogP contribution in [0.2, 0.25) is 15.1 Å². The van der Waals surface area contributed by atoms with Crippen molar-refractivity contribution in [3.63, 3.8) is 0 Å². The van der Waals surface area contributed by atoms with Crippen LogP contribution in [0.1, 0.15) is 18.1 Å². The average molecular weight is 411 g/mol. The standard InChI is InChI=1S/C17H18Cl3NO2.ClH/c1-3-21-9-11-6-15(20)17(16(7-11)22-2)23-10-12-4-5-13(18)8-14(12)19;/h4-8,21H,3,9-10H2,1-2H3;1H. The van der Waals surface area contributed by atoms with E-state index in [2.05, 4.69) is 5.32 Å². The summed E-state index contributed by atoms with van der Waals surface area (Å²) in [5.74, 6) is 1.09. The predicted molar refractivity (Wildman–Crippen MR) is 103 cm³/mol. The molecule has 0 amide bonds. The second kappa shape index (κ2) is 10.2. The van der Waals surface area contributed by atoms with E-state index in [1.807, 2.05) is 25.1 Å². The molecule has 0 radical (unpaired) electrons. The zero-order valence-corrected chi connectivity index (χ0v) is 16.5. The van der Waals surface area contributed by atoms with E-state index in [1.165, 1.54) is 0 Å². The van der Waals surface area contributed by atoms with Crippen LogP contribution in [0.5, 0.6) is 11.5 Å². The molecule has 7 heteroatoms. The van der Waals surface area contributed by atoms with Crippen LogP contribution in [-0.2, 0) is 13.2 Å². The molecule has 132 valence electrons. The summed E-state index contributed by atoms with van der Waals surface area (Å²) in [5, 5.41) is 4.89. The highest BCUT2D eigenvalue weighted by atomic mass is 35.5. The summed E-state index contributed by atoms with van der Waals surface area (Å²) in [4.78, 5) is 0. The van der Waals surface area contributed by atoms with Gasteiger partial charge in [0.1, 0.15) is 6.61 Å². The molecule has 0 spiro atoms. The van der Waals surface area contributed by atoms with Crippen molar-refractivity contribution in [3.8, 4) is 11.5 Å². The SMILES string of the molecule is CCNCc1cc(Cl)c(OCc2ccc(Cl)cc2Cl)c(OC)c1.Cl. The van der Waals surface area contributed by atoms with E-state index in [1.54, 1.807) is 19.2 Å². The molecular weight excluding hydrogens is 392 g/mol. The number of rotatable bonds is 7. The molecule has 24 heavy (non-hydrogen) atoms. The first-order valence-electron chi connectivity index (χ1n) is 7.19. The average Bonchev–Trinajstić information content (AvgIpc) is 2.52. The maximum absolute atomic E-state index is 6.34. The molecule has 2 aromatic carbocycles. The smallest absolute Gasteiger partial charge is 0.180 e. The van der Waals surface area contributed by atoms with Crippen LogP contribution in [0.25, 0.3) is 0 Å². The number of methoxy groups -OCH3 is 1. The van der Waals surface area contributed by atoms with Gasteiger partial charge in [0.2, 0.25) is 0 Å². The Morgan fingerprint density at radius 3 is 2.42 bits per heavy atom. The highest BCUT2D eigenvalue weighted by Gasteiger charge is 2.13. The van der Waals surface area contributed by atoms with E-state index in [0.717, 1.165) is 24.2 Å². The van der Waals surface area contributed by atoms with Crippen LogP contribution < -0.4 is 14.8 Å². The van der Waals surface area contributed by atoms with Gasteiger partial charge in [-0.1, -0.05) is 47.8 Å². The Hall–Kier alpha value is -0.840. The summed E-state index contributed by atoms with van der Waals surface area (Å²) in [7, 11) is 1.59. The summed E-state index contributed by atoms with van der Waals surface area (Å²) in [6.45, 7) is 3.92. The lowest BCUT2D eigenvalue weighted by molar-refractivity contribution is 0.284. The molecule has 0 aromatic heterocycles. The molecule has 0 saturated heterocycles. The Morgan fingerprint density at radius 2 is 1.79 bits per heavy atom. The summed E-state index contributed by atoms with van der Waals surface area (Å²) in [5.41, 5.74) is 1.86. The summed E-state index contributed by atoms with van der Waals surface area (Å²) in [6, 6.07) is 9.05. The first-order valence-corrected chi connectivity index (χ1v) is 8.32. The van der Waals surface area contributed by atoms with Gasteiger partial charge in [-0.25, -0.2) is 0 Å². The molecule has 0 aliphatic carbocycles. The molecule has 2 rings (SSSR count). The van der Waals surface area contributed by atoms with Crippen molar-refractivity contribution in [1.29, 1.82) is 0 Å². The maximum atomic E-state index is 6.34. The second-order valence-corrected chi connectivity index (χ2v) is 6.16. The number of benzene rings is 2. The Kier molecular flexibility index (Phi) is 9.03. The van der Waals surface area contributed by atoms with Crippen LogP contribution in [0.4, 0.5) is 0 Å². The van der Waals surface area contributed by atoms with Gasteiger partial charge in [-0.2, -0.15) is 0 Å². The Morgan fingerprint density at radius 1 is 1.04 bits per heavy atom. The number of hydrogen-bond donors (Lipinski definition) is 1. The molecule has 0 unspecified atom stereocenters. The fourth-order valence-corrected chi connectivity index (χ4v) is 2.82. The number of hydrogen-bond acceptors (Lipinski definition) is 3. The number of ether oxygens (including phenoxy) is 2. The molecule has 0 saturated carbocycles. The molecule has 1 N–H and O–H groups in total. The van der Waals surface area contributed by atoms with Gasteiger partial charge >= 0.3 is 0 Å². The van der Waals surface area contributed by atoms with E-state index < -0.39 is 0 Å². The van der Waals surface area contributed by atoms with Gasteiger partial charge in [-0.15, -0.1) is 12.4 Å². The van der Waals surface area contributed by atoms with Crippen LogP contribution in [0.15, 0.2) is 30.3 Å². The normalized spacial score (nSPS) is 10.2. The van der Waals surface area contributed by atoms with E-state index in [-0.39, 0.29) is 19.0 Å². The fraction of sp³-hybridized carbons (Fsp3) is 0.294. The van der Waals surface area contributed by atoms with Crippen molar-refractivity contribution >= 4 is 47.2 Å². The van der Waals surface area contributed by atoms with Crippen LogP contribution in [0.3, 0.4) is 0 Å². The molecular formula is C17H19Cl4NO2. The van der Waals surface area contributed by atoms with Crippen LogP contribution in [0, 0.1) is 0 Å². The topological polar surface area (TPSA) is 30.5 Å². The largest absolute Gasteiger partial charge is 0.493 e. The Balaban J connectivity index is 0.00000288. The van der Waals surface area contributed by atoms with Gasteiger partial charge in [0.25, 0.3) is 0 Å². The van der Waals surface area contributed by atoms with E-state index in [4.69, 9.17) is 44.3 Å². The predicted octanol–water partition coefficient (Wildman–Crippen LogP) is 5.77. The summed E-state index contributed by atoms with van der Waals surface area (Å²) >= 11 is 18.4. The zero-order valence-electron chi connectivity index (χ0n) is 13.4. The third-order valence-corrected chi connectivity index (χ3v) is 4.12. The molecule has 0 aliphatic rings. The lowest BCUT2D eigenvalue weighted by Gasteiger charge is -2.15. The fourth-order valence-electron chi connectivity index (χ4n) is 2.07. The molecule has 0 fully saturated rings. The van der Waals surface area contributed by atoms with Gasteiger partial charge in [-0.3, -0.25) is 0 Å². The van der Waals surface area contributed by atoms with Crippen LogP contribution in [-0.4, -0.2) is 13.7 Å². The van der Waals surface area contributed by atoms with E-state index in [0.29, 0.717) is 26.6 Å². The zero-order chi connectivity index (χ0) is 16.8. The Bertz CT molecular complexity index is 680. The highest BCUT2D eigenvalue weighted by molar-refractivity contribution is 6.35. The van der Waals surface area contributed by atoms with Crippen molar-refractivity contribution in [3.05, 3.63) is 56.5 Å². The molecule has 2 aromatic rings. The molecule has 3 nitrogen and oxygen atoms in total. The first-order chi connectivity index (χ1) is 11.0. The van der Waals surface area contributed by atoms with Gasteiger partial charge in [0.05, 0.1) is 12.1 Å². The number of halogens is 4. The van der Waals surface area contributed by atoms with Gasteiger partial charge in [0, 0.05) is 22.2 Å². The minimum absolute atomic E-state index is 0. The van der Waals surface area contributed by atoms with E-state index in [9.17, 15) is 0 Å². The third kappa shape index (κ3) is 5.61.